The van der Waals surface area contributed by atoms with Crippen molar-refractivity contribution < 1.29 is 79.0 Å². The van der Waals surface area contributed by atoms with E-state index in [1.165, 1.54) is 0 Å². The van der Waals surface area contributed by atoms with Crippen molar-refractivity contribution in [2.45, 2.75) is 55.3 Å². The van der Waals surface area contributed by atoms with Crippen LogP contribution >= 0.6 is 0 Å². The molecule has 0 rings (SSSR count). The van der Waals surface area contributed by atoms with E-state index in [4.69, 9.17) is 0 Å². The zero-order chi connectivity index (χ0) is 24.2. The van der Waals surface area contributed by atoms with Gasteiger partial charge in [-0.05, 0) is 0 Å². The number of hydrogen-bond acceptors (Lipinski definition) is 0. The van der Waals surface area contributed by atoms with Crippen LogP contribution < -0.4 is 0 Å². The van der Waals surface area contributed by atoms with Crippen molar-refractivity contribution in [2.24, 2.45) is 11.8 Å². The van der Waals surface area contributed by atoms with Crippen molar-refractivity contribution in [2.75, 3.05) is 0 Å². The molecule has 0 spiro atoms. The predicted molar refractivity (Wildman–Crippen MR) is 55.5 cm³/mol. The molecule has 0 amide bonds. The van der Waals surface area contributed by atoms with Crippen LogP contribution in [0.4, 0.5) is 79.0 Å². The van der Waals surface area contributed by atoms with Crippen molar-refractivity contribution in [3.63, 3.8) is 0 Å². The van der Waals surface area contributed by atoms with Crippen LogP contribution in [0, 0.1) is 11.8 Å². The lowest BCUT2D eigenvalue weighted by atomic mass is 9.76. The second-order valence-corrected chi connectivity index (χ2v) is 5.68. The summed E-state index contributed by atoms with van der Waals surface area (Å²) in [6, 6.07) is 0. The van der Waals surface area contributed by atoms with Crippen molar-refractivity contribution in [3.05, 3.63) is 0 Å². The quantitative estimate of drug-likeness (QED) is 0.380. The highest BCUT2D eigenvalue weighted by molar-refractivity contribution is 5.07. The third-order valence-corrected chi connectivity index (χ3v) is 3.71. The fourth-order valence-electron chi connectivity index (χ4n) is 2.22. The first-order valence-electron chi connectivity index (χ1n) is 6.54. The molecule has 0 aliphatic carbocycles. The van der Waals surface area contributed by atoms with Gasteiger partial charge in [-0.25, -0.2) is 8.78 Å². The highest BCUT2D eigenvalue weighted by Crippen LogP contribution is 2.59. The Bertz CT molecular complexity index is 544. The first-order chi connectivity index (χ1) is 12.2. The van der Waals surface area contributed by atoms with Crippen LogP contribution in [0.25, 0.3) is 0 Å². The average Bonchev–Trinajstić information content (AvgIpc) is 2.39. The predicted octanol–water partition coefficient (Wildman–Crippen LogP) is 6.80. The summed E-state index contributed by atoms with van der Waals surface area (Å²) in [6.07, 6.45) is -35.2. The SMILES string of the molecule is C[C@H](C(C(F)(F)F)C(F)(F)C(F)(F)C(F)(F)F)C(F)C(F)(C(F)(F)F)C(F)(F)F. The molecule has 0 aliphatic heterocycles. The van der Waals surface area contributed by atoms with E-state index < -0.39 is 67.2 Å². The summed E-state index contributed by atoms with van der Waals surface area (Å²) >= 11 is 0. The first kappa shape index (κ1) is 27.7. The summed E-state index contributed by atoms with van der Waals surface area (Å²) in [5, 5.41) is 0. The maximum Gasteiger partial charge on any atom is 0.459 e. The molecule has 0 radical (unpaired) electrons. The zero-order valence-corrected chi connectivity index (χ0v) is 13.0. The molecule has 0 fully saturated rings. The molecule has 2 unspecified atom stereocenters. The summed E-state index contributed by atoms with van der Waals surface area (Å²) in [4.78, 5) is 0. The molecule has 0 saturated heterocycles. The van der Waals surface area contributed by atoms with E-state index >= 15 is 0 Å². The van der Waals surface area contributed by atoms with E-state index in [9.17, 15) is 79.0 Å². The van der Waals surface area contributed by atoms with Crippen LogP contribution in [0.2, 0.25) is 0 Å². The van der Waals surface area contributed by atoms with Crippen molar-refractivity contribution in [1.82, 2.24) is 0 Å². The molecule has 0 nitrogen and oxygen atoms in total. The van der Waals surface area contributed by atoms with Gasteiger partial charge in [0.2, 0.25) is 0 Å². The molecule has 0 heterocycles. The molecule has 0 aromatic carbocycles. The Balaban J connectivity index is 6.72. The van der Waals surface area contributed by atoms with Gasteiger partial charge in [-0.1, -0.05) is 6.92 Å². The number of halogens is 18. The fourth-order valence-corrected chi connectivity index (χ4v) is 2.22. The van der Waals surface area contributed by atoms with E-state index in [2.05, 4.69) is 0 Å². The van der Waals surface area contributed by atoms with E-state index in [1.54, 1.807) is 0 Å². The Hall–Kier alpha value is -1.26. The Morgan fingerprint density at radius 2 is 0.828 bits per heavy atom. The number of alkyl halides is 18. The largest absolute Gasteiger partial charge is 0.459 e. The van der Waals surface area contributed by atoms with Gasteiger partial charge in [0.05, 0.1) is 0 Å². The van der Waals surface area contributed by atoms with Crippen LogP contribution in [0.15, 0.2) is 0 Å². The zero-order valence-electron chi connectivity index (χ0n) is 13.0. The summed E-state index contributed by atoms with van der Waals surface area (Å²) in [7, 11) is 0. The molecular weight excluding hydrogens is 474 g/mol. The van der Waals surface area contributed by atoms with Gasteiger partial charge in [-0.2, -0.15) is 70.2 Å². The monoisotopic (exact) mass is 480 g/mol. The molecule has 0 aromatic heterocycles. The minimum Gasteiger partial charge on any atom is -0.243 e. The second kappa shape index (κ2) is 7.16. The minimum atomic E-state index is -7.69. The van der Waals surface area contributed by atoms with Crippen molar-refractivity contribution in [3.8, 4) is 0 Å². The van der Waals surface area contributed by atoms with E-state index in [-0.39, 0.29) is 0 Å². The normalized spacial score (nSPS) is 19.1. The summed E-state index contributed by atoms with van der Waals surface area (Å²) in [5.41, 5.74) is -7.30. The second-order valence-electron chi connectivity index (χ2n) is 5.68. The molecule has 0 saturated carbocycles. The highest BCUT2D eigenvalue weighted by atomic mass is 19.4. The van der Waals surface area contributed by atoms with Gasteiger partial charge < -0.3 is 0 Å². The number of rotatable bonds is 5. The van der Waals surface area contributed by atoms with E-state index in [0.29, 0.717) is 0 Å². The van der Waals surface area contributed by atoms with Crippen LogP contribution in [0.3, 0.4) is 0 Å². The third kappa shape index (κ3) is 4.44. The van der Waals surface area contributed by atoms with Crippen LogP contribution in [-0.4, -0.2) is 48.4 Å². The molecule has 0 bridgehead atoms. The Morgan fingerprint density at radius 3 is 1.03 bits per heavy atom. The Kier molecular flexibility index (Phi) is 6.85. The lowest BCUT2D eigenvalue weighted by Crippen LogP contribution is -2.66. The molecule has 0 N–H and O–H groups in total. The fraction of sp³-hybridized carbons (Fsp3) is 1.00. The third-order valence-electron chi connectivity index (χ3n) is 3.71. The molecule has 3 atom stereocenters. The Labute approximate surface area is 147 Å². The standard InChI is InChI=1S/C11H6F18/c1-2(4(12)5(13,9(21,22)23)10(24,25)26)3(7(16,17)18)6(14,15)8(19,20)11(27,28)29/h2-4H,1H3/t2-,3?,4?/m1/s1. The maximum atomic E-state index is 13.7. The van der Waals surface area contributed by atoms with Gasteiger partial charge in [-0.3, -0.25) is 0 Å². The molecular formula is C11H6F18. The summed E-state index contributed by atoms with van der Waals surface area (Å²) < 4.78 is 228. The lowest BCUT2D eigenvalue weighted by molar-refractivity contribution is -0.402. The average molecular weight is 480 g/mol. The molecule has 29 heavy (non-hydrogen) atoms. The molecule has 18 heteroatoms. The smallest absolute Gasteiger partial charge is 0.243 e. The molecule has 0 aromatic rings. The van der Waals surface area contributed by atoms with Gasteiger partial charge in [0.1, 0.15) is 5.92 Å². The summed E-state index contributed by atoms with van der Waals surface area (Å²) in [5.74, 6) is -25.7. The van der Waals surface area contributed by atoms with Gasteiger partial charge in [0, 0.05) is 5.92 Å². The topological polar surface area (TPSA) is 0 Å². The minimum absolute atomic E-state index is 0.949. The molecule has 176 valence electrons. The van der Waals surface area contributed by atoms with E-state index in [1.807, 2.05) is 0 Å². The lowest BCUT2D eigenvalue weighted by Gasteiger charge is -2.41. The van der Waals surface area contributed by atoms with Crippen molar-refractivity contribution in [1.29, 1.82) is 0 Å². The van der Waals surface area contributed by atoms with E-state index in [0.717, 1.165) is 0 Å². The highest BCUT2D eigenvalue weighted by Gasteiger charge is 2.83. The summed E-state index contributed by atoms with van der Waals surface area (Å²) in [6.45, 7) is -0.949. The van der Waals surface area contributed by atoms with Gasteiger partial charge in [0.25, 0.3) is 0 Å². The number of hydrogen-bond donors (Lipinski definition) is 0. The van der Waals surface area contributed by atoms with Crippen LogP contribution in [0.5, 0.6) is 0 Å². The van der Waals surface area contributed by atoms with Crippen molar-refractivity contribution >= 4 is 0 Å². The van der Waals surface area contributed by atoms with Gasteiger partial charge in [0.15, 0.2) is 6.17 Å². The first-order valence-corrected chi connectivity index (χ1v) is 6.54. The molecule has 0 aliphatic rings. The Morgan fingerprint density at radius 1 is 0.517 bits per heavy atom. The van der Waals surface area contributed by atoms with Gasteiger partial charge >= 0.3 is 42.2 Å². The van der Waals surface area contributed by atoms with Gasteiger partial charge in [-0.15, -0.1) is 0 Å². The van der Waals surface area contributed by atoms with Crippen LogP contribution in [0.1, 0.15) is 6.92 Å². The van der Waals surface area contributed by atoms with Crippen LogP contribution in [-0.2, 0) is 0 Å². The maximum absolute atomic E-state index is 13.7.